The zero-order valence-electron chi connectivity index (χ0n) is 20.0. The van der Waals surface area contributed by atoms with Gasteiger partial charge in [0.25, 0.3) is 5.91 Å². The van der Waals surface area contributed by atoms with Gasteiger partial charge in [-0.15, -0.1) is 28.1 Å². The van der Waals surface area contributed by atoms with Crippen LogP contribution >= 0.6 is 46.3 Å². The van der Waals surface area contributed by atoms with E-state index in [2.05, 4.69) is 33.5 Å². The molecule has 2 aromatic heterocycles. The maximum atomic E-state index is 12.8. The molecule has 0 saturated carbocycles. The average molecular weight is 576 g/mol. The van der Waals surface area contributed by atoms with E-state index < -0.39 is 6.04 Å². The fraction of sp³-hybridized carbons (Fsp3) is 0.320. The Bertz CT molecular complexity index is 1390. The standard InChI is InChI=1S/C25H24Cl2N6O2S2/c1-3-10-33-22(14(2)29-23(35)17-9-8-15(26)11-19(17)27)31-32-25(33)36-13-21(34)30-24-18(12-28)16-6-4-5-7-20(16)37-24/h3,8-9,11,14H,1,4-7,10,13H2,2H3,(H,29,35)(H,30,34)/t14-/m1/s1. The van der Waals surface area contributed by atoms with Gasteiger partial charge in [0.2, 0.25) is 5.91 Å². The summed E-state index contributed by atoms with van der Waals surface area (Å²) in [5.74, 6) is -0.000532. The van der Waals surface area contributed by atoms with Gasteiger partial charge in [-0.25, -0.2) is 0 Å². The predicted octanol–water partition coefficient (Wildman–Crippen LogP) is 5.80. The van der Waals surface area contributed by atoms with E-state index in [0.29, 0.717) is 38.7 Å². The molecule has 3 aromatic rings. The van der Waals surface area contributed by atoms with Crippen molar-refractivity contribution in [3.63, 3.8) is 0 Å². The number of amides is 2. The second-order valence-corrected chi connectivity index (χ2v) is 11.3. The number of halogens is 2. The van der Waals surface area contributed by atoms with E-state index in [9.17, 15) is 14.9 Å². The first-order valence-electron chi connectivity index (χ1n) is 11.6. The van der Waals surface area contributed by atoms with Crippen molar-refractivity contribution in [2.24, 2.45) is 0 Å². The Morgan fingerprint density at radius 1 is 1.32 bits per heavy atom. The van der Waals surface area contributed by atoms with E-state index in [0.717, 1.165) is 31.2 Å². The molecule has 2 heterocycles. The van der Waals surface area contributed by atoms with Gasteiger partial charge in [-0.3, -0.25) is 9.59 Å². The highest BCUT2D eigenvalue weighted by atomic mass is 35.5. The number of hydrogen-bond acceptors (Lipinski definition) is 7. The monoisotopic (exact) mass is 574 g/mol. The minimum absolute atomic E-state index is 0.0871. The van der Waals surface area contributed by atoms with Crippen LogP contribution in [0.3, 0.4) is 0 Å². The van der Waals surface area contributed by atoms with Crippen molar-refractivity contribution in [1.29, 1.82) is 5.26 Å². The summed E-state index contributed by atoms with van der Waals surface area (Å²) in [5, 5.41) is 25.7. The van der Waals surface area contributed by atoms with Crippen molar-refractivity contribution in [2.45, 2.75) is 50.4 Å². The fourth-order valence-corrected chi connectivity index (χ4v) is 6.61. The molecule has 2 N–H and O–H groups in total. The fourth-order valence-electron chi connectivity index (χ4n) is 4.11. The normalized spacial score (nSPS) is 13.4. The average Bonchev–Trinajstić information content (AvgIpc) is 3.43. The first-order chi connectivity index (χ1) is 17.8. The summed E-state index contributed by atoms with van der Waals surface area (Å²) in [4.78, 5) is 26.7. The largest absolute Gasteiger partial charge is 0.342 e. The molecule has 1 atom stereocenters. The summed E-state index contributed by atoms with van der Waals surface area (Å²) in [6.45, 7) is 5.98. The van der Waals surface area contributed by atoms with Crippen molar-refractivity contribution in [2.75, 3.05) is 11.1 Å². The summed E-state index contributed by atoms with van der Waals surface area (Å²) in [7, 11) is 0. The summed E-state index contributed by atoms with van der Waals surface area (Å²) in [6, 6.07) is 6.43. The molecule has 4 rings (SSSR count). The summed E-state index contributed by atoms with van der Waals surface area (Å²) in [6.07, 6.45) is 5.69. The number of thioether (sulfide) groups is 1. The molecule has 0 aliphatic heterocycles. The Morgan fingerprint density at radius 2 is 2.11 bits per heavy atom. The number of benzene rings is 1. The Balaban J connectivity index is 1.43. The number of hydrogen-bond donors (Lipinski definition) is 2. The van der Waals surface area contributed by atoms with E-state index in [1.807, 2.05) is 0 Å². The molecular weight excluding hydrogens is 551 g/mol. The molecule has 0 radical (unpaired) electrons. The number of nitrogens with zero attached hydrogens (tertiary/aromatic N) is 4. The number of aromatic nitrogens is 3. The van der Waals surface area contributed by atoms with Gasteiger partial charge in [-0.05, 0) is 56.4 Å². The van der Waals surface area contributed by atoms with Gasteiger partial charge in [0, 0.05) is 16.4 Å². The van der Waals surface area contributed by atoms with E-state index in [1.165, 1.54) is 34.0 Å². The second-order valence-electron chi connectivity index (χ2n) is 8.42. The molecular formula is C25H24Cl2N6O2S2. The molecule has 2 amide bonds. The number of anilines is 1. The molecule has 8 nitrogen and oxygen atoms in total. The van der Waals surface area contributed by atoms with Crippen LogP contribution in [0, 0.1) is 11.3 Å². The van der Waals surface area contributed by atoms with Crippen LogP contribution in [0.1, 0.15) is 58.0 Å². The van der Waals surface area contributed by atoms with Crippen LogP contribution in [0.2, 0.25) is 10.0 Å². The van der Waals surface area contributed by atoms with E-state index >= 15 is 0 Å². The molecule has 1 aromatic carbocycles. The lowest BCUT2D eigenvalue weighted by Crippen LogP contribution is -2.29. The van der Waals surface area contributed by atoms with Crippen molar-refractivity contribution in [3.05, 3.63) is 68.3 Å². The number of nitriles is 1. The van der Waals surface area contributed by atoms with Gasteiger partial charge in [0.05, 0.1) is 27.9 Å². The van der Waals surface area contributed by atoms with Crippen LogP contribution in [-0.4, -0.2) is 32.3 Å². The Morgan fingerprint density at radius 3 is 2.84 bits per heavy atom. The van der Waals surface area contributed by atoms with E-state index in [-0.39, 0.29) is 22.6 Å². The van der Waals surface area contributed by atoms with Crippen molar-refractivity contribution >= 4 is 63.1 Å². The minimum Gasteiger partial charge on any atom is -0.342 e. The lowest BCUT2D eigenvalue weighted by molar-refractivity contribution is -0.113. The third kappa shape index (κ3) is 6.18. The van der Waals surface area contributed by atoms with Crippen LogP contribution in [0.15, 0.2) is 36.0 Å². The van der Waals surface area contributed by atoms with Gasteiger partial charge in [-0.1, -0.05) is 41.0 Å². The van der Waals surface area contributed by atoms with Crippen LogP contribution in [0.25, 0.3) is 0 Å². The summed E-state index contributed by atoms with van der Waals surface area (Å²) >= 11 is 14.8. The lowest BCUT2D eigenvalue weighted by Gasteiger charge is -2.16. The number of aryl methyl sites for hydroxylation is 1. The Hall–Kier alpha value is -2.84. The van der Waals surface area contributed by atoms with Crippen molar-refractivity contribution in [3.8, 4) is 6.07 Å². The number of allylic oxidation sites excluding steroid dienone is 1. The molecule has 192 valence electrons. The molecule has 1 aliphatic carbocycles. The van der Waals surface area contributed by atoms with Crippen LogP contribution < -0.4 is 10.6 Å². The molecule has 0 saturated heterocycles. The maximum Gasteiger partial charge on any atom is 0.253 e. The van der Waals surface area contributed by atoms with Gasteiger partial charge in [0.1, 0.15) is 11.1 Å². The number of carbonyl (C=O) groups is 2. The molecule has 0 bridgehead atoms. The third-order valence-electron chi connectivity index (χ3n) is 5.84. The lowest BCUT2D eigenvalue weighted by atomic mass is 9.96. The van der Waals surface area contributed by atoms with Crippen LogP contribution in [-0.2, 0) is 24.2 Å². The maximum absolute atomic E-state index is 12.8. The van der Waals surface area contributed by atoms with Gasteiger partial charge >= 0.3 is 0 Å². The summed E-state index contributed by atoms with van der Waals surface area (Å²) in [5.41, 5.74) is 1.96. The SMILES string of the molecule is C=CCn1c(SCC(=O)Nc2sc3c(c2C#N)CCCC3)nnc1[C@@H](C)NC(=O)c1ccc(Cl)cc1Cl. The second kappa shape index (κ2) is 12.1. The Labute approximate surface area is 233 Å². The zero-order valence-corrected chi connectivity index (χ0v) is 23.2. The smallest absolute Gasteiger partial charge is 0.253 e. The highest BCUT2D eigenvalue weighted by molar-refractivity contribution is 7.99. The third-order valence-corrected chi connectivity index (χ3v) is 8.56. The van der Waals surface area contributed by atoms with Crippen LogP contribution in [0.4, 0.5) is 5.00 Å². The molecule has 0 fully saturated rings. The number of nitrogens with one attached hydrogen (secondary N) is 2. The minimum atomic E-state index is -0.495. The first-order valence-corrected chi connectivity index (χ1v) is 14.1. The highest BCUT2D eigenvalue weighted by Crippen LogP contribution is 2.37. The number of thiophene rings is 1. The molecule has 12 heteroatoms. The van der Waals surface area contributed by atoms with E-state index in [1.54, 1.807) is 29.7 Å². The molecule has 0 unspecified atom stereocenters. The number of fused-ring (bicyclic) bond motifs is 1. The van der Waals surface area contributed by atoms with Gasteiger partial charge in [-0.2, -0.15) is 5.26 Å². The molecule has 37 heavy (non-hydrogen) atoms. The quantitative estimate of drug-likeness (QED) is 0.246. The summed E-state index contributed by atoms with van der Waals surface area (Å²) < 4.78 is 1.80. The number of rotatable bonds is 9. The van der Waals surface area contributed by atoms with Gasteiger partial charge in [0.15, 0.2) is 11.0 Å². The number of carbonyl (C=O) groups excluding carboxylic acids is 2. The van der Waals surface area contributed by atoms with Gasteiger partial charge < -0.3 is 15.2 Å². The first kappa shape index (κ1) is 27.2. The molecule has 1 aliphatic rings. The van der Waals surface area contributed by atoms with Crippen molar-refractivity contribution in [1.82, 2.24) is 20.1 Å². The molecule has 0 spiro atoms. The van der Waals surface area contributed by atoms with Crippen LogP contribution in [0.5, 0.6) is 0 Å². The highest BCUT2D eigenvalue weighted by Gasteiger charge is 2.24. The van der Waals surface area contributed by atoms with E-state index in [4.69, 9.17) is 23.2 Å². The topological polar surface area (TPSA) is 113 Å². The zero-order chi connectivity index (χ0) is 26.5. The predicted molar refractivity (Wildman–Crippen MR) is 148 cm³/mol. The van der Waals surface area contributed by atoms with Crippen molar-refractivity contribution < 1.29 is 9.59 Å². The Kier molecular flexibility index (Phi) is 8.92.